The molecule has 4 atom stereocenters. The largest absolute Gasteiger partial charge is 0.247 e. The lowest BCUT2D eigenvalue weighted by molar-refractivity contribution is 0.372. The lowest BCUT2D eigenvalue weighted by Gasteiger charge is -2.31. The fraction of sp³-hybridized carbons (Fsp3) is 0.739. The van der Waals surface area contributed by atoms with E-state index in [0.717, 1.165) is 6.67 Å². The third-order valence-corrected chi connectivity index (χ3v) is 7.25. The van der Waals surface area contributed by atoms with Crippen molar-refractivity contribution in [2.45, 2.75) is 97.6 Å². The zero-order chi connectivity index (χ0) is 19.3. The van der Waals surface area contributed by atoms with Crippen LogP contribution in [0.1, 0.15) is 113 Å². The number of hydrogen-bond acceptors (Lipinski definition) is 2. The summed E-state index contributed by atoms with van der Waals surface area (Å²) >= 11 is 0. The van der Waals surface area contributed by atoms with E-state index in [9.17, 15) is 0 Å². The molecule has 148 valence electrons. The first-order valence-electron chi connectivity index (χ1n) is 11.0. The summed E-state index contributed by atoms with van der Waals surface area (Å²) < 4.78 is 4.49. The van der Waals surface area contributed by atoms with Gasteiger partial charge in [0.2, 0.25) is 0 Å². The molecule has 4 nitrogen and oxygen atoms in total. The first-order chi connectivity index (χ1) is 12.9. The van der Waals surface area contributed by atoms with Gasteiger partial charge in [0.05, 0.1) is 12.4 Å². The summed E-state index contributed by atoms with van der Waals surface area (Å²) in [5.74, 6) is 3.84. The third kappa shape index (κ3) is 3.15. The van der Waals surface area contributed by atoms with Crippen molar-refractivity contribution < 1.29 is 0 Å². The fourth-order valence-corrected chi connectivity index (χ4v) is 5.65. The van der Waals surface area contributed by atoms with Gasteiger partial charge in [-0.05, 0) is 72.3 Å². The van der Waals surface area contributed by atoms with E-state index < -0.39 is 0 Å². The Balaban J connectivity index is 1.69. The Morgan fingerprint density at radius 2 is 1.19 bits per heavy atom. The Bertz CT molecular complexity index is 731. The molecule has 27 heavy (non-hydrogen) atoms. The minimum Gasteiger partial charge on any atom is -0.247 e. The Labute approximate surface area is 164 Å². The Morgan fingerprint density at radius 1 is 0.778 bits per heavy atom. The van der Waals surface area contributed by atoms with E-state index in [1.165, 1.54) is 48.2 Å². The summed E-state index contributed by atoms with van der Waals surface area (Å²) in [6, 6.07) is 0. The molecule has 0 bridgehead atoms. The molecule has 0 N–H and O–H groups in total. The van der Waals surface area contributed by atoms with Crippen molar-refractivity contribution >= 4 is 0 Å². The Kier molecular flexibility index (Phi) is 4.94. The average Bonchev–Trinajstić information content (AvgIpc) is 3.21. The van der Waals surface area contributed by atoms with Crippen LogP contribution in [0.5, 0.6) is 0 Å². The van der Waals surface area contributed by atoms with E-state index in [1.54, 1.807) is 0 Å². The van der Waals surface area contributed by atoms with Crippen molar-refractivity contribution in [2.75, 3.05) is 0 Å². The van der Waals surface area contributed by atoms with E-state index in [0.29, 0.717) is 35.5 Å². The van der Waals surface area contributed by atoms with Crippen LogP contribution in [0.15, 0.2) is 12.4 Å². The Morgan fingerprint density at radius 3 is 1.56 bits per heavy atom. The highest BCUT2D eigenvalue weighted by atomic mass is 15.4. The minimum atomic E-state index is 0.588. The standard InChI is InChI=1S/C23H36N4/c1-14(2)18-9-7-16(5)22-20(18)11-24-26(22)13-27-23-17(6)8-10-19(15(3)4)21(23)12-25-27/h11-12,14-19H,7-10,13H2,1-6H3/t16-,17-,18+,19+/m1/s1. The molecule has 0 spiro atoms. The van der Waals surface area contributed by atoms with Crippen LogP contribution in [-0.2, 0) is 6.67 Å². The van der Waals surface area contributed by atoms with Crippen LogP contribution in [-0.4, -0.2) is 19.6 Å². The minimum absolute atomic E-state index is 0.588. The van der Waals surface area contributed by atoms with Gasteiger partial charge in [0.15, 0.2) is 0 Å². The number of aromatic nitrogens is 4. The number of fused-ring (bicyclic) bond motifs is 2. The van der Waals surface area contributed by atoms with Crippen molar-refractivity contribution in [3.63, 3.8) is 0 Å². The fourth-order valence-electron chi connectivity index (χ4n) is 5.65. The highest BCUT2D eigenvalue weighted by molar-refractivity contribution is 5.31. The van der Waals surface area contributed by atoms with Gasteiger partial charge in [-0.1, -0.05) is 41.5 Å². The molecule has 0 saturated heterocycles. The zero-order valence-corrected chi connectivity index (χ0v) is 17.9. The monoisotopic (exact) mass is 368 g/mol. The summed E-state index contributed by atoms with van der Waals surface area (Å²) in [4.78, 5) is 0. The molecule has 0 aromatic carbocycles. The van der Waals surface area contributed by atoms with Crippen LogP contribution in [0.4, 0.5) is 0 Å². The smallest absolute Gasteiger partial charge is 0.133 e. The zero-order valence-electron chi connectivity index (χ0n) is 17.9. The van der Waals surface area contributed by atoms with Gasteiger partial charge in [0.25, 0.3) is 0 Å². The van der Waals surface area contributed by atoms with E-state index >= 15 is 0 Å². The second-order valence-electron chi connectivity index (χ2n) is 9.77. The van der Waals surface area contributed by atoms with Crippen LogP contribution >= 0.6 is 0 Å². The number of nitrogens with zero attached hydrogens (tertiary/aromatic N) is 4. The quantitative estimate of drug-likeness (QED) is 0.677. The summed E-state index contributed by atoms with van der Waals surface area (Å²) in [5, 5.41) is 9.68. The molecule has 0 fully saturated rings. The summed E-state index contributed by atoms with van der Waals surface area (Å²) in [6.07, 6.45) is 9.41. The normalized spacial score (nSPS) is 27.9. The second kappa shape index (κ2) is 7.10. The molecule has 0 radical (unpaired) electrons. The molecular formula is C23H36N4. The predicted molar refractivity (Wildman–Crippen MR) is 110 cm³/mol. The summed E-state index contributed by atoms with van der Waals surface area (Å²) in [7, 11) is 0. The van der Waals surface area contributed by atoms with Crippen molar-refractivity contribution in [2.24, 2.45) is 11.8 Å². The topological polar surface area (TPSA) is 35.6 Å². The van der Waals surface area contributed by atoms with Crippen molar-refractivity contribution in [3.8, 4) is 0 Å². The van der Waals surface area contributed by atoms with Crippen molar-refractivity contribution in [3.05, 3.63) is 34.9 Å². The molecule has 2 aliphatic rings. The van der Waals surface area contributed by atoms with Gasteiger partial charge in [0, 0.05) is 11.4 Å². The van der Waals surface area contributed by atoms with Gasteiger partial charge in [-0.25, -0.2) is 9.36 Å². The first-order valence-corrected chi connectivity index (χ1v) is 11.0. The molecule has 2 aromatic heterocycles. The molecule has 0 amide bonds. The molecular weight excluding hydrogens is 332 g/mol. The predicted octanol–water partition coefficient (Wildman–Crippen LogP) is 5.86. The van der Waals surface area contributed by atoms with Crippen LogP contribution < -0.4 is 0 Å². The van der Waals surface area contributed by atoms with Crippen LogP contribution in [0, 0.1) is 11.8 Å². The SMILES string of the molecule is CC(C)[C@@H]1CC[C@@H](C)c2c1cnn2Cn1ncc2c1[C@H](C)CC[C@H]2C(C)C. The highest BCUT2D eigenvalue weighted by Gasteiger charge is 2.33. The molecule has 4 heteroatoms. The second-order valence-corrected chi connectivity index (χ2v) is 9.77. The van der Waals surface area contributed by atoms with Gasteiger partial charge in [-0.3, -0.25) is 0 Å². The van der Waals surface area contributed by atoms with Gasteiger partial charge in [-0.2, -0.15) is 10.2 Å². The lowest BCUT2D eigenvalue weighted by Crippen LogP contribution is -2.24. The van der Waals surface area contributed by atoms with Gasteiger partial charge >= 0.3 is 0 Å². The van der Waals surface area contributed by atoms with E-state index in [-0.39, 0.29) is 0 Å². The first kappa shape index (κ1) is 18.8. The van der Waals surface area contributed by atoms with Crippen molar-refractivity contribution in [1.29, 1.82) is 0 Å². The maximum absolute atomic E-state index is 4.84. The molecule has 2 aromatic rings. The summed E-state index contributed by atoms with van der Waals surface area (Å²) in [5.41, 5.74) is 5.87. The van der Waals surface area contributed by atoms with Gasteiger partial charge in [-0.15, -0.1) is 0 Å². The Hall–Kier alpha value is -1.58. The molecule has 0 saturated carbocycles. The average molecular weight is 369 g/mol. The van der Waals surface area contributed by atoms with Crippen LogP contribution in [0.3, 0.4) is 0 Å². The summed E-state index contributed by atoms with van der Waals surface area (Å²) in [6.45, 7) is 14.9. The van der Waals surface area contributed by atoms with Crippen LogP contribution in [0.25, 0.3) is 0 Å². The molecule has 0 aliphatic heterocycles. The lowest BCUT2D eigenvalue weighted by atomic mass is 9.76. The van der Waals surface area contributed by atoms with E-state index in [4.69, 9.17) is 10.2 Å². The molecule has 2 aliphatic carbocycles. The van der Waals surface area contributed by atoms with Gasteiger partial charge < -0.3 is 0 Å². The third-order valence-electron chi connectivity index (χ3n) is 7.25. The molecule has 4 rings (SSSR count). The highest BCUT2D eigenvalue weighted by Crippen LogP contribution is 2.44. The maximum atomic E-state index is 4.84. The van der Waals surface area contributed by atoms with E-state index in [1.807, 2.05) is 0 Å². The van der Waals surface area contributed by atoms with Gasteiger partial charge in [0.1, 0.15) is 6.67 Å². The number of hydrogen-bond donors (Lipinski definition) is 0. The molecule has 2 heterocycles. The van der Waals surface area contributed by atoms with Crippen molar-refractivity contribution in [1.82, 2.24) is 19.6 Å². The maximum Gasteiger partial charge on any atom is 0.133 e. The number of rotatable bonds is 4. The molecule has 0 unspecified atom stereocenters. The van der Waals surface area contributed by atoms with E-state index in [2.05, 4.69) is 63.3 Å². The van der Waals surface area contributed by atoms with Crippen LogP contribution in [0.2, 0.25) is 0 Å².